The second-order valence-electron chi connectivity index (χ2n) is 6.81. The predicted molar refractivity (Wildman–Crippen MR) is 118 cm³/mol. The molecule has 0 amide bonds. The molecule has 0 saturated heterocycles. The number of hydrogen-bond acceptors (Lipinski definition) is 6. The van der Waals surface area contributed by atoms with Crippen molar-refractivity contribution in [3.05, 3.63) is 92.2 Å². The van der Waals surface area contributed by atoms with Crippen molar-refractivity contribution < 1.29 is 32.0 Å². The Labute approximate surface area is 195 Å². The summed E-state index contributed by atoms with van der Waals surface area (Å²) in [5.41, 5.74) is 1.16. The number of ether oxygens (including phenoxy) is 2. The number of nitrogens with zero attached hydrogens (tertiary/aromatic N) is 2. The van der Waals surface area contributed by atoms with E-state index in [1.54, 1.807) is 12.1 Å². The summed E-state index contributed by atoms with van der Waals surface area (Å²) in [6.45, 7) is 0.0282. The number of methoxy groups -OCH3 is 1. The summed E-state index contributed by atoms with van der Waals surface area (Å²) in [5, 5.41) is 15.1. The molecule has 0 unspecified atom stereocenters. The smallest absolute Gasteiger partial charge is 0.416 e. The van der Waals surface area contributed by atoms with Crippen molar-refractivity contribution in [1.29, 1.82) is 0 Å². The van der Waals surface area contributed by atoms with Crippen LogP contribution in [0.15, 0.2) is 59.7 Å². The number of rotatable bonds is 8. The molecule has 178 valence electrons. The topological polar surface area (TPSA) is 86.0 Å². The Morgan fingerprint density at radius 2 is 1.94 bits per heavy atom. The highest BCUT2D eigenvalue weighted by Gasteiger charge is 2.33. The second-order valence-corrected chi connectivity index (χ2v) is 7.22. The van der Waals surface area contributed by atoms with Crippen LogP contribution in [0, 0.1) is 15.9 Å². The molecule has 3 aromatic rings. The Morgan fingerprint density at radius 3 is 2.59 bits per heavy atom. The molecule has 0 radical (unpaired) electrons. The molecule has 0 aliphatic heterocycles. The van der Waals surface area contributed by atoms with Gasteiger partial charge in [-0.15, -0.1) is 0 Å². The maximum atomic E-state index is 13.3. The molecule has 34 heavy (non-hydrogen) atoms. The van der Waals surface area contributed by atoms with E-state index in [-0.39, 0.29) is 28.8 Å². The molecule has 0 saturated carbocycles. The van der Waals surface area contributed by atoms with Gasteiger partial charge in [-0.1, -0.05) is 23.7 Å². The fourth-order valence-electron chi connectivity index (χ4n) is 2.87. The van der Waals surface area contributed by atoms with E-state index in [4.69, 9.17) is 21.1 Å². The van der Waals surface area contributed by atoms with Crippen molar-refractivity contribution in [2.75, 3.05) is 12.5 Å². The van der Waals surface area contributed by atoms with E-state index < -0.39 is 28.2 Å². The Hall–Kier alpha value is -3.86. The molecule has 0 aliphatic carbocycles. The average molecular weight is 498 g/mol. The van der Waals surface area contributed by atoms with Gasteiger partial charge in [0.1, 0.15) is 18.1 Å². The van der Waals surface area contributed by atoms with Crippen molar-refractivity contribution in [3.63, 3.8) is 0 Å². The fourth-order valence-corrected chi connectivity index (χ4v) is 3.14. The standard InChI is InChI=1S/C22H16ClF4N3O4/c1-33-20-9-14(8-17(23)21(20)34-12-13-3-2-4-16(24)7-13)11-28-29-18-6-5-15(22(25,26)27)10-19(18)30(31)32/h2-11,29H,12H2,1H3/b28-11-. The van der Waals surface area contributed by atoms with Crippen molar-refractivity contribution in [1.82, 2.24) is 0 Å². The lowest BCUT2D eigenvalue weighted by Crippen LogP contribution is -2.06. The molecular formula is C22H16ClF4N3O4. The van der Waals surface area contributed by atoms with Gasteiger partial charge in [0.2, 0.25) is 0 Å². The van der Waals surface area contributed by atoms with Gasteiger partial charge in [-0.05, 0) is 47.5 Å². The Morgan fingerprint density at radius 1 is 1.18 bits per heavy atom. The molecule has 12 heteroatoms. The first-order chi connectivity index (χ1) is 16.1. The van der Waals surface area contributed by atoms with Crippen LogP contribution in [0.1, 0.15) is 16.7 Å². The van der Waals surface area contributed by atoms with Crippen molar-refractivity contribution in [3.8, 4) is 11.5 Å². The minimum Gasteiger partial charge on any atom is -0.493 e. The first kappa shape index (κ1) is 24.8. The van der Waals surface area contributed by atoms with Crippen molar-refractivity contribution in [2.45, 2.75) is 12.8 Å². The monoisotopic (exact) mass is 497 g/mol. The number of alkyl halides is 3. The number of halogens is 5. The molecule has 0 fully saturated rings. The van der Waals surface area contributed by atoms with Gasteiger partial charge in [0, 0.05) is 6.07 Å². The summed E-state index contributed by atoms with van der Waals surface area (Å²) in [7, 11) is 1.38. The quantitative estimate of drug-likeness (QED) is 0.167. The first-order valence-corrected chi connectivity index (χ1v) is 9.85. The number of anilines is 1. The first-order valence-electron chi connectivity index (χ1n) is 9.48. The van der Waals surface area contributed by atoms with E-state index >= 15 is 0 Å². The van der Waals surface area contributed by atoms with Gasteiger partial charge in [0.25, 0.3) is 5.69 Å². The van der Waals surface area contributed by atoms with E-state index in [2.05, 4.69) is 10.5 Å². The number of nitro groups is 1. The SMILES string of the molecule is COc1cc(/C=N\Nc2ccc(C(F)(F)F)cc2[N+](=O)[O-])cc(Cl)c1OCc1cccc(F)c1. The highest BCUT2D eigenvalue weighted by Crippen LogP contribution is 2.37. The average Bonchev–Trinajstić information content (AvgIpc) is 2.77. The molecule has 3 rings (SSSR count). The Bertz CT molecular complexity index is 1240. The lowest BCUT2D eigenvalue weighted by molar-refractivity contribution is -0.384. The molecule has 0 heterocycles. The molecule has 0 aliphatic rings. The third-order valence-corrected chi connectivity index (χ3v) is 4.73. The van der Waals surface area contributed by atoms with Crippen LogP contribution in [0.25, 0.3) is 0 Å². The molecular weight excluding hydrogens is 482 g/mol. The summed E-state index contributed by atoms with van der Waals surface area (Å²) in [4.78, 5) is 10.2. The zero-order valence-electron chi connectivity index (χ0n) is 17.4. The van der Waals surface area contributed by atoms with Gasteiger partial charge in [0.05, 0.1) is 28.8 Å². The minimum atomic E-state index is -4.72. The number of hydrogen-bond donors (Lipinski definition) is 1. The number of nitrogens with one attached hydrogen (secondary N) is 1. The Balaban J connectivity index is 1.78. The second kappa shape index (κ2) is 10.4. The van der Waals surface area contributed by atoms with E-state index in [1.807, 2.05) is 0 Å². The van der Waals surface area contributed by atoms with Crippen LogP contribution in [0.2, 0.25) is 5.02 Å². The lowest BCUT2D eigenvalue weighted by Gasteiger charge is -2.13. The minimum absolute atomic E-state index is 0.0282. The van der Waals surface area contributed by atoms with E-state index in [0.29, 0.717) is 23.3 Å². The largest absolute Gasteiger partial charge is 0.493 e. The van der Waals surface area contributed by atoms with E-state index in [9.17, 15) is 27.7 Å². The zero-order valence-corrected chi connectivity index (χ0v) is 18.2. The van der Waals surface area contributed by atoms with Crippen LogP contribution in [0.5, 0.6) is 11.5 Å². The summed E-state index contributed by atoms with van der Waals surface area (Å²) in [5.74, 6) is 0.0364. The fraction of sp³-hybridized carbons (Fsp3) is 0.136. The number of nitro benzene ring substituents is 1. The van der Waals surface area contributed by atoms with Gasteiger partial charge in [-0.3, -0.25) is 15.5 Å². The highest BCUT2D eigenvalue weighted by atomic mass is 35.5. The van der Waals surface area contributed by atoms with E-state index in [1.165, 1.54) is 37.6 Å². The molecule has 1 N–H and O–H groups in total. The molecule has 0 bridgehead atoms. The summed E-state index contributed by atoms with van der Waals surface area (Å²) in [6, 6.07) is 10.9. The summed E-state index contributed by atoms with van der Waals surface area (Å²) >= 11 is 6.28. The van der Waals surface area contributed by atoms with Crippen molar-refractivity contribution in [2.24, 2.45) is 5.10 Å². The highest BCUT2D eigenvalue weighted by molar-refractivity contribution is 6.32. The number of hydrazone groups is 1. The Kier molecular flexibility index (Phi) is 7.57. The molecule has 0 atom stereocenters. The third-order valence-electron chi connectivity index (χ3n) is 4.44. The van der Waals surface area contributed by atoms with Crippen LogP contribution >= 0.6 is 11.6 Å². The van der Waals surface area contributed by atoms with Crippen LogP contribution in [0.3, 0.4) is 0 Å². The normalized spacial score (nSPS) is 11.5. The van der Waals surface area contributed by atoms with Crippen molar-refractivity contribution >= 4 is 29.2 Å². The molecule has 7 nitrogen and oxygen atoms in total. The van der Waals surface area contributed by atoms with Gasteiger partial charge < -0.3 is 9.47 Å². The maximum Gasteiger partial charge on any atom is 0.416 e. The van der Waals surface area contributed by atoms with Gasteiger partial charge >= 0.3 is 6.18 Å². The van der Waals surface area contributed by atoms with Crippen LogP contribution < -0.4 is 14.9 Å². The van der Waals surface area contributed by atoms with Crippen LogP contribution in [-0.4, -0.2) is 18.2 Å². The predicted octanol–water partition coefficient (Wildman–Crippen LogP) is 6.44. The van der Waals surface area contributed by atoms with Gasteiger partial charge in [-0.25, -0.2) is 4.39 Å². The zero-order chi connectivity index (χ0) is 24.9. The van der Waals surface area contributed by atoms with Crippen LogP contribution in [-0.2, 0) is 12.8 Å². The molecule has 0 spiro atoms. The third kappa shape index (κ3) is 6.13. The number of benzene rings is 3. The maximum absolute atomic E-state index is 13.3. The molecule has 0 aromatic heterocycles. The summed E-state index contributed by atoms with van der Waals surface area (Å²) in [6.07, 6.45) is -3.48. The lowest BCUT2D eigenvalue weighted by atomic mass is 10.1. The van der Waals surface area contributed by atoms with Crippen LogP contribution in [0.4, 0.5) is 28.9 Å². The molecule has 3 aromatic carbocycles. The van der Waals surface area contributed by atoms with Gasteiger partial charge in [0.15, 0.2) is 11.5 Å². The van der Waals surface area contributed by atoms with E-state index in [0.717, 1.165) is 6.07 Å². The van der Waals surface area contributed by atoms with Gasteiger partial charge in [-0.2, -0.15) is 18.3 Å². The summed E-state index contributed by atoms with van der Waals surface area (Å²) < 4.78 is 62.7.